The Morgan fingerprint density at radius 3 is 2.48 bits per heavy atom. The molecule has 0 radical (unpaired) electrons. The second kappa shape index (κ2) is 7.94. The van der Waals surface area contributed by atoms with Gasteiger partial charge in [0.25, 0.3) is 0 Å². The molecule has 1 aliphatic carbocycles. The van der Waals surface area contributed by atoms with Crippen molar-refractivity contribution in [2.45, 2.75) is 82.8 Å². The van der Waals surface area contributed by atoms with E-state index in [1.165, 1.54) is 90.5 Å². The summed E-state index contributed by atoms with van der Waals surface area (Å²) >= 11 is 0. The van der Waals surface area contributed by atoms with Crippen molar-refractivity contribution < 1.29 is 0 Å². The lowest BCUT2D eigenvalue weighted by atomic mass is 9.89. The Morgan fingerprint density at radius 2 is 1.67 bits per heavy atom. The van der Waals surface area contributed by atoms with Gasteiger partial charge in [-0.15, -0.1) is 0 Å². The van der Waals surface area contributed by atoms with Gasteiger partial charge in [0.15, 0.2) is 0 Å². The number of hydrogen-bond donors (Lipinski definition) is 1. The van der Waals surface area contributed by atoms with Crippen molar-refractivity contribution >= 4 is 0 Å². The first-order valence-electron chi connectivity index (χ1n) is 9.60. The first-order valence-corrected chi connectivity index (χ1v) is 9.60. The maximum Gasteiger partial charge on any atom is 0.0250 e. The Labute approximate surface area is 131 Å². The molecule has 21 heavy (non-hydrogen) atoms. The van der Waals surface area contributed by atoms with E-state index in [0.717, 1.165) is 18.1 Å². The minimum absolute atomic E-state index is 0.763. The van der Waals surface area contributed by atoms with Crippen LogP contribution in [0.4, 0.5) is 0 Å². The van der Waals surface area contributed by atoms with E-state index in [9.17, 15) is 0 Å². The standard InChI is InChI=1S/C18H35N3/c1-2-11-19-17-8-4-5-9-18(17)21-14-10-16(15-21)20-12-6-3-7-13-20/h16-19H,2-15H2,1H3. The van der Waals surface area contributed by atoms with Crippen LogP contribution in [0.15, 0.2) is 0 Å². The molecule has 3 rings (SSSR count). The number of nitrogens with one attached hydrogen (secondary N) is 1. The molecule has 122 valence electrons. The van der Waals surface area contributed by atoms with Crippen molar-refractivity contribution in [3.05, 3.63) is 0 Å². The molecule has 3 unspecified atom stereocenters. The van der Waals surface area contributed by atoms with E-state index in [1.54, 1.807) is 0 Å². The summed E-state index contributed by atoms with van der Waals surface area (Å²) in [6.07, 6.45) is 12.7. The van der Waals surface area contributed by atoms with E-state index in [4.69, 9.17) is 0 Å². The first-order chi connectivity index (χ1) is 10.4. The van der Waals surface area contributed by atoms with Gasteiger partial charge in [0, 0.05) is 31.2 Å². The van der Waals surface area contributed by atoms with Crippen LogP contribution in [-0.4, -0.2) is 60.6 Å². The quantitative estimate of drug-likeness (QED) is 0.841. The van der Waals surface area contributed by atoms with Crippen LogP contribution in [0.1, 0.15) is 64.7 Å². The Hall–Kier alpha value is -0.120. The van der Waals surface area contributed by atoms with Gasteiger partial charge in [-0.1, -0.05) is 26.2 Å². The van der Waals surface area contributed by atoms with Crippen molar-refractivity contribution in [3.8, 4) is 0 Å². The van der Waals surface area contributed by atoms with Crippen molar-refractivity contribution in [2.75, 3.05) is 32.7 Å². The number of likely N-dealkylation sites (tertiary alicyclic amines) is 2. The molecule has 0 amide bonds. The molecule has 0 aromatic rings. The van der Waals surface area contributed by atoms with Gasteiger partial charge in [-0.25, -0.2) is 0 Å². The van der Waals surface area contributed by atoms with E-state index < -0.39 is 0 Å². The summed E-state index contributed by atoms with van der Waals surface area (Å²) < 4.78 is 0. The van der Waals surface area contributed by atoms with Gasteiger partial charge in [-0.2, -0.15) is 0 Å². The van der Waals surface area contributed by atoms with Gasteiger partial charge in [0.05, 0.1) is 0 Å². The maximum atomic E-state index is 3.84. The molecule has 0 spiro atoms. The third kappa shape index (κ3) is 4.00. The summed E-state index contributed by atoms with van der Waals surface area (Å²) in [7, 11) is 0. The third-order valence-electron chi connectivity index (χ3n) is 5.96. The third-order valence-corrected chi connectivity index (χ3v) is 5.96. The van der Waals surface area contributed by atoms with Crippen LogP contribution in [0, 0.1) is 0 Å². The van der Waals surface area contributed by atoms with Crippen LogP contribution in [0.25, 0.3) is 0 Å². The smallest absolute Gasteiger partial charge is 0.0250 e. The second-order valence-electron chi connectivity index (χ2n) is 7.45. The Morgan fingerprint density at radius 1 is 0.857 bits per heavy atom. The van der Waals surface area contributed by atoms with Crippen LogP contribution in [0.2, 0.25) is 0 Å². The van der Waals surface area contributed by atoms with E-state index >= 15 is 0 Å². The van der Waals surface area contributed by atoms with Crippen LogP contribution < -0.4 is 5.32 Å². The zero-order valence-corrected chi connectivity index (χ0v) is 14.0. The number of rotatable bonds is 5. The van der Waals surface area contributed by atoms with Gasteiger partial charge >= 0.3 is 0 Å². The molecule has 3 heteroatoms. The van der Waals surface area contributed by atoms with Gasteiger partial charge < -0.3 is 5.32 Å². The lowest BCUT2D eigenvalue weighted by molar-refractivity contribution is 0.121. The number of hydrogen-bond acceptors (Lipinski definition) is 3. The van der Waals surface area contributed by atoms with Crippen molar-refractivity contribution in [1.29, 1.82) is 0 Å². The summed E-state index contributed by atoms with van der Waals surface area (Å²) in [5.41, 5.74) is 0. The van der Waals surface area contributed by atoms with Crippen molar-refractivity contribution in [3.63, 3.8) is 0 Å². The van der Waals surface area contributed by atoms with E-state index in [1.807, 2.05) is 0 Å². The molecule has 1 N–H and O–H groups in total. The lowest BCUT2D eigenvalue weighted by Gasteiger charge is -2.39. The predicted octanol–water partition coefficient (Wildman–Crippen LogP) is 2.86. The van der Waals surface area contributed by atoms with Crippen molar-refractivity contribution in [2.24, 2.45) is 0 Å². The normalized spacial score (nSPS) is 36.1. The summed E-state index contributed by atoms with van der Waals surface area (Å²) in [4.78, 5) is 5.63. The topological polar surface area (TPSA) is 18.5 Å². The van der Waals surface area contributed by atoms with Crippen LogP contribution in [-0.2, 0) is 0 Å². The zero-order valence-electron chi connectivity index (χ0n) is 14.0. The molecular weight excluding hydrogens is 258 g/mol. The van der Waals surface area contributed by atoms with E-state index in [0.29, 0.717) is 0 Å². The summed E-state index contributed by atoms with van der Waals surface area (Å²) in [5.74, 6) is 0. The monoisotopic (exact) mass is 293 g/mol. The summed E-state index contributed by atoms with van der Waals surface area (Å²) in [5, 5.41) is 3.84. The fourth-order valence-corrected chi connectivity index (χ4v) is 4.77. The highest BCUT2D eigenvalue weighted by molar-refractivity contribution is 4.94. The SMILES string of the molecule is CCCNC1CCCCC1N1CCC(N2CCCCC2)C1. The highest BCUT2D eigenvalue weighted by Gasteiger charge is 2.36. The molecule has 0 bridgehead atoms. The van der Waals surface area contributed by atoms with E-state index in [2.05, 4.69) is 22.0 Å². The van der Waals surface area contributed by atoms with Gasteiger partial charge in [0.1, 0.15) is 0 Å². The molecule has 2 heterocycles. The van der Waals surface area contributed by atoms with Crippen molar-refractivity contribution in [1.82, 2.24) is 15.1 Å². The minimum Gasteiger partial charge on any atom is -0.312 e. The Balaban J connectivity index is 1.53. The highest BCUT2D eigenvalue weighted by atomic mass is 15.3. The summed E-state index contributed by atoms with van der Waals surface area (Å²) in [6.45, 7) is 8.89. The molecule has 0 aromatic heterocycles. The average molecular weight is 293 g/mol. The van der Waals surface area contributed by atoms with Crippen LogP contribution in [0.5, 0.6) is 0 Å². The Bertz CT molecular complexity index is 301. The van der Waals surface area contributed by atoms with Crippen LogP contribution in [0.3, 0.4) is 0 Å². The molecule has 3 nitrogen and oxygen atoms in total. The highest BCUT2D eigenvalue weighted by Crippen LogP contribution is 2.28. The average Bonchev–Trinajstić information content (AvgIpc) is 3.04. The molecular formula is C18H35N3. The number of nitrogens with zero attached hydrogens (tertiary/aromatic N) is 2. The van der Waals surface area contributed by atoms with E-state index in [-0.39, 0.29) is 0 Å². The molecule has 2 aliphatic heterocycles. The maximum absolute atomic E-state index is 3.84. The lowest BCUT2D eigenvalue weighted by Crippen LogP contribution is -2.52. The molecule has 3 fully saturated rings. The number of piperidine rings is 1. The van der Waals surface area contributed by atoms with Gasteiger partial charge in [-0.3, -0.25) is 9.80 Å². The second-order valence-corrected chi connectivity index (χ2v) is 7.45. The molecule has 0 aromatic carbocycles. The predicted molar refractivity (Wildman–Crippen MR) is 89.7 cm³/mol. The largest absolute Gasteiger partial charge is 0.312 e. The molecule has 3 aliphatic rings. The minimum atomic E-state index is 0.763. The molecule has 3 atom stereocenters. The fraction of sp³-hybridized carbons (Fsp3) is 1.00. The van der Waals surface area contributed by atoms with Gasteiger partial charge in [-0.05, 0) is 58.2 Å². The first kappa shape index (κ1) is 15.8. The summed E-state index contributed by atoms with van der Waals surface area (Å²) in [6, 6.07) is 2.44. The van der Waals surface area contributed by atoms with Crippen LogP contribution >= 0.6 is 0 Å². The Kier molecular flexibility index (Phi) is 5.96. The zero-order chi connectivity index (χ0) is 14.5. The molecule has 2 saturated heterocycles. The molecule has 1 saturated carbocycles. The fourth-order valence-electron chi connectivity index (χ4n) is 4.77. The van der Waals surface area contributed by atoms with Gasteiger partial charge in [0.2, 0.25) is 0 Å².